The lowest BCUT2D eigenvalue weighted by molar-refractivity contribution is 0.919. The molecule has 3 nitrogen and oxygen atoms in total. The summed E-state index contributed by atoms with van der Waals surface area (Å²) >= 11 is 5.20. The van der Waals surface area contributed by atoms with Gasteiger partial charge in [0, 0.05) is 31.5 Å². The van der Waals surface area contributed by atoms with Crippen molar-refractivity contribution in [2.24, 2.45) is 0 Å². The Morgan fingerprint density at radius 3 is 2.38 bits per heavy atom. The molecule has 0 unspecified atom stereocenters. The van der Waals surface area contributed by atoms with Crippen molar-refractivity contribution in [3.8, 4) is 0 Å². The average Bonchev–Trinajstić information content (AvgIpc) is 3.02. The SMILES string of the molecule is CN(C)c1ccc(NC(=S)NC2CC2)cc1. The monoisotopic (exact) mass is 235 g/mol. The molecule has 0 radical (unpaired) electrons. The molecule has 0 saturated heterocycles. The number of anilines is 2. The molecule has 1 aliphatic rings. The molecule has 0 aromatic heterocycles. The summed E-state index contributed by atoms with van der Waals surface area (Å²) in [5.41, 5.74) is 2.22. The minimum absolute atomic E-state index is 0.598. The Bertz CT molecular complexity index is 368. The van der Waals surface area contributed by atoms with Crippen LogP contribution in [-0.2, 0) is 0 Å². The van der Waals surface area contributed by atoms with E-state index < -0.39 is 0 Å². The summed E-state index contributed by atoms with van der Waals surface area (Å²) in [6, 6.07) is 8.82. The molecular weight excluding hydrogens is 218 g/mol. The number of rotatable bonds is 3. The van der Waals surface area contributed by atoms with E-state index in [-0.39, 0.29) is 0 Å². The van der Waals surface area contributed by atoms with Crippen LogP contribution >= 0.6 is 12.2 Å². The first kappa shape index (κ1) is 11.2. The van der Waals surface area contributed by atoms with Gasteiger partial charge >= 0.3 is 0 Å². The van der Waals surface area contributed by atoms with Crippen LogP contribution in [0.2, 0.25) is 0 Å². The van der Waals surface area contributed by atoms with Gasteiger partial charge in [-0.05, 0) is 49.3 Å². The first-order valence-electron chi connectivity index (χ1n) is 5.50. The second kappa shape index (κ2) is 4.70. The summed E-state index contributed by atoms with van der Waals surface area (Å²) in [5.74, 6) is 0. The Hall–Kier alpha value is -1.29. The maximum atomic E-state index is 5.20. The molecule has 4 heteroatoms. The molecule has 0 amide bonds. The smallest absolute Gasteiger partial charge is 0.170 e. The average molecular weight is 235 g/mol. The van der Waals surface area contributed by atoms with Gasteiger partial charge in [0.2, 0.25) is 0 Å². The van der Waals surface area contributed by atoms with Crippen LogP contribution in [0.3, 0.4) is 0 Å². The number of thiocarbonyl (C=S) groups is 1. The van der Waals surface area contributed by atoms with E-state index in [1.807, 2.05) is 26.2 Å². The zero-order valence-corrected chi connectivity index (χ0v) is 10.5. The first-order valence-corrected chi connectivity index (χ1v) is 5.91. The summed E-state index contributed by atoms with van der Waals surface area (Å²) in [4.78, 5) is 2.07. The third-order valence-electron chi connectivity index (χ3n) is 2.55. The number of nitrogens with zero attached hydrogens (tertiary/aromatic N) is 1. The van der Waals surface area contributed by atoms with E-state index in [2.05, 4.69) is 27.7 Å². The maximum absolute atomic E-state index is 5.20. The van der Waals surface area contributed by atoms with Gasteiger partial charge in [-0.15, -0.1) is 0 Å². The van der Waals surface area contributed by atoms with Crippen molar-refractivity contribution >= 4 is 28.7 Å². The van der Waals surface area contributed by atoms with Crippen LogP contribution in [0.1, 0.15) is 12.8 Å². The number of nitrogens with one attached hydrogen (secondary N) is 2. The van der Waals surface area contributed by atoms with Crippen LogP contribution in [0.5, 0.6) is 0 Å². The lowest BCUT2D eigenvalue weighted by Crippen LogP contribution is -2.30. The molecule has 1 aromatic rings. The Kier molecular flexibility index (Phi) is 3.29. The van der Waals surface area contributed by atoms with Crippen molar-refractivity contribution in [3.63, 3.8) is 0 Å². The van der Waals surface area contributed by atoms with Crippen molar-refractivity contribution in [3.05, 3.63) is 24.3 Å². The van der Waals surface area contributed by atoms with Gasteiger partial charge in [-0.2, -0.15) is 0 Å². The highest BCUT2D eigenvalue weighted by molar-refractivity contribution is 7.80. The van der Waals surface area contributed by atoms with Crippen LogP contribution in [-0.4, -0.2) is 25.2 Å². The number of benzene rings is 1. The lowest BCUT2D eigenvalue weighted by Gasteiger charge is -2.14. The summed E-state index contributed by atoms with van der Waals surface area (Å²) in [6.45, 7) is 0. The summed E-state index contributed by atoms with van der Waals surface area (Å²) in [5, 5.41) is 7.15. The summed E-state index contributed by atoms with van der Waals surface area (Å²) in [7, 11) is 4.06. The molecule has 1 aliphatic carbocycles. The molecule has 1 fully saturated rings. The predicted molar refractivity (Wildman–Crippen MR) is 73.1 cm³/mol. The van der Waals surface area contributed by atoms with Crippen molar-refractivity contribution in [1.82, 2.24) is 5.32 Å². The number of hydrogen-bond donors (Lipinski definition) is 2. The van der Waals surface area contributed by atoms with E-state index in [0.29, 0.717) is 6.04 Å². The van der Waals surface area contributed by atoms with E-state index in [4.69, 9.17) is 12.2 Å². The van der Waals surface area contributed by atoms with E-state index in [0.717, 1.165) is 10.8 Å². The van der Waals surface area contributed by atoms with Crippen LogP contribution < -0.4 is 15.5 Å². The highest BCUT2D eigenvalue weighted by atomic mass is 32.1. The first-order chi connectivity index (χ1) is 7.65. The van der Waals surface area contributed by atoms with Gasteiger partial charge in [0.1, 0.15) is 0 Å². The van der Waals surface area contributed by atoms with E-state index >= 15 is 0 Å². The maximum Gasteiger partial charge on any atom is 0.170 e. The highest BCUT2D eigenvalue weighted by Gasteiger charge is 2.21. The topological polar surface area (TPSA) is 27.3 Å². The molecular formula is C12H17N3S. The molecule has 0 spiro atoms. The van der Waals surface area contributed by atoms with Gasteiger partial charge in [0.15, 0.2) is 5.11 Å². The van der Waals surface area contributed by atoms with Gasteiger partial charge < -0.3 is 15.5 Å². The fourth-order valence-electron chi connectivity index (χ4n) is 1.42. The van der Waals surface area contributed by atoms with Crippen molar-refractivity contribution in [1.29, 1.82) is 0 Å². The highest BCUT2D eigenvalue weighted by Crippen LogP contribution is 2.19. The van der Waals surface area contributed by atoms with Crippen LogP contribution in [0.25, 0.3) is 0 Å². The second-order valence-electron chi connectivity index (χ2n) is 4.31. The Labute approximate surface area is 102 Å². The second-order valence-corrected chi connectivity index (χ2v) is 4.72. The van der Waals surface area contributed by atoms with Crippen molar-refractivity contribution < 1.29 is 0 Å². The third kappa shape index (κ3) is 3.10. The van der Waals surface area contributed by atoms with Gasteiger partial charge in [0.25, 0.3) is 0 Å². The normalized spacial score (nSPS) is 14.4. The quantitative estimate of drug-likeness (QED) is 0.785. The van der Waals surface area contributed by atoms with Crippen LogP contribution in [0.15, 0.2) is 24.3 Å². The Balaban J connectivity index is 1.90. The molecule has 16 heavy (non-hydrogen) atoms. The molecule has 0 atom stereocenters. The summed E-state index contributed by atoms with van der Waals surface area (Å²) in [6.07, 6.45) is 2.47. The third-order valence-corrected chi connectivity index (χ3v) is 2.77. The largest absolute Gasteiger partial charge is 0.378 e. The molecule has 0 heterocycles. The van der Waals surface area contributed by atoms with Crippen molar-refractivity contribution in [2.45, 2.75) is 18.9 Å². The van der Waals surface area contributed by atoms with Gasteiger partial charge in [-0.3, -0.25) is 0 Å². The van der Waals surface area contributed by atoms with Gasteiger partial charge in [-0.1, -0.05) is 0 Å². The van der Waals surface area contributed by atoms with Gasteiger partial charge in [-0.25, -0.2) is 0 Å². The zero-order valence-electron chi connectivity index (χ0n) is 9.66. The standard InChI is InChI=1S/C12H17N3S/c1-15(2)11-7-5-10(6-8-11)14-12(16)13-9-3-4-9/h5-9H,3-4H2,1-2H3,(H2,13,14,16). The van der Waals surface area contributed by atoms with E-state index in [9.17, 15) is 0 Å². The lowest BCUT2D eigenvalue weighted by atomic mass is 10.2. The minimum atomic E-state index is 0.598. The molecule has 1 saturated carbocycles. The van der Waals surface area contributed by atoms with Crippen LogP contribution in [0.4, 0.5) is 11.4 Å². The van der Waals surface area contributed by atoms with E-state index in [1.54, 1.807) is 0 Å². The molecule has 0 bridgehead atoms. The van der Waals surface area contributed by atoms with Crippen LogP contribution in [0, 0.1) is 0 Å². The Morgan fingerprint density at radius 2 is 1.88 bits per heavy atom. The molecule has 0 aliphatic heterocycles. The zero-order chi connectivity index (χ0) is 11.5. The number of hydrogen-bond acceptors (Lipinski definition) is 2. The van der Waals surface area contributed by atoms with Crippen molar-refractivity contribution in [2.75, 3.05) is 24.3 Å². The molecule has 2 rings (SSSR count). The van der Waals surface area contributed by atoms with Gasteiger partial charge in [0.05, 0.1) is 0 Å². The molecule has 2 N–H and O–H groups in total. The molecule has 1 aromatic carbocycles. The summed E-state index contributed by atoms with van der Waals surface area (Å²) < 4.78 is 0. The fraction of sp³-hybridized carbons (Fsp3) is 0.417. The molecule has 86 valence electrons. The predicted octanol–water partition coefficient (Wildman–Crippen LogP) is 2.20. The van der Waals surface area contributed by atoms with E-state index in [1.165, 1.54) is 18.5 Å². The minimum Gasteiger partial charge on any atom is -0.378 e. The fourth-order valence-corrected chi connectivity index (χ4v) is 1.71. The Morgan fingerprint density at radius 1 is 1.25 bits per heavy atom.